The van der Waals surface area contributed by atoms with Gasteiger partial charge in [0.25, 0.3) is 0 Å². The van der Waals surface area contributed by atoms with Gasteiger partial charge in [-0.2, -0.15) is 0 Å². The maximum atomic E-state index is 3.33. The van der Waals surface area contributed by atoms with Crippen molar-refractivity contribution in [2.24, 2.45) is 0 Å². The highest BCUT2D eigenvalue weighted by atomic mass is 14.9. The van der Waals surface area contributed by atoms with E-state index in [1.54, 1.807) is 0 Å². The predicted octanol–water partition coefficient (Wildman–Crippen LogP) is 1.69. The van der Waals surface area contributed by atoms with Gasteiger partial charge in [0.15, 0.2) is 0 Å². The molecule has 1 rings (SSSR count). The zero-order valence-electron chi connectivity index (χ0n) is 6.52. The maximum Gasteiger partial charge on any atom is 0.0306 e. The first kappa shape index (κ1) is 7.35. The van der Waals surface area contributed by atoms with Crippen molar-refractivity contribution >= 4 is 0 Å². The zero-order valence-corrected chi connectivity index (χ0v) is 6.52. The first-order chi connectivity index (χ1) is 4.84. The second-order valence-electron chi connectivity index (χ2n) is 2.42. The summed E-state index contributed by atoms with van der Waals surface area (Å²) in [5, 5.41) is 3.33. The maximum absolute atomic E-state index is 3.33. The molecule has 0 aliphatic carbocycles. The van der Waals surface area contributed by atoms with Gasteiger partial charge in [-0.15, -0.1) is 0 Å². The molecule has 0 fully saturated rings. The Morgan fingerprint density at radius 1 is 1.70 bits per heavy atom. The highest BCUT2D eigenvalue weighted by Crippen LogP contribution is 2.09. The summed E-state index contributed by atoms with van der Waals surface area (Å²) in [7, 11) is 0. The third-order valence-corrected chi connectivity index (χ3v) is 1.63. The van der Waals surface area contributed by atoms with Crippen LogP contribution < -0.4 is 5.32 Å². The van der Waals surface area contributed by atoms with Crippen LogP contribution in [0.25, 0.3) is 0 Å². The molecule has 0 amide bonds. The molecule has 0 spiro atoms. The van der Waals surface area contributed by atoms with Crippen LogP contribution in [0.15, 0.2) is 18.5 Å². The molecule has 2 heteroatoms. The average molecular weight is 138 g/mol. The largest absolute Gasteiger partial charge is 0.367 e. The number of rotatable bonds is 3. The molecule has 1 unspecified atom stereocenters. The molecule has 1 aromatic heterocycles. The first-order valence-electron chi connectivity index (χ1n) is 3.70. The van der Waals surface area contributed by atoms with Crippen LogP contribution in [0.1, 0.15) is 25.5 Å². The van der Waals surface area contributed by atoms with Crippen molar-refractivity contribution in [3.8, 4) is 0 Å². The van der Waals surface area contributed by atoms with Crippen LogP contribution in [0.3, 0.4) is 0 Å². The molecule has 0 aliphatic heterocycles. The van der Waals surface area contributed by atoms with Crippen molar-refractivity contribution in [3.05, 3.63) is 24.0 Å². The summed E-state index contributed by atoms with van der Waals surface area (Å²) < 4.78 is 0. The standard InChI is InChI=1S/C8H14N2/c1-3-10-7(2)8-4-5-9-6-8/h4-7,9-10H,3H2,1-2H3. The normalized spacial score (nSPS) is 13.4. The second kappa shape index (κ2) is 3.42. The summed E-state index contributed by atoms with van der Waals surface area (Å²) >= 11 is 0. The smallest absolute Gasteiger partial charge is 0.0306 e. The fourth-order valence-corrected chi connectivity index (χ4v) is 1.03. The van der Waals surface area contributed by atoms with Crippen molar-refractivity contribution in [1.82, 2.24) is 10.3 Å². The molecule has 1 heterocycles. The summed E-state index contributed by atoms with van der Waals surface area (Å²) in [4.78, 5) is 3.03. The number of nitrogens with one attached hydrogen (secondary N) is 2. The quantitative estimate of drug-likeness (QED) is 0.653. The molecule has 10 heavy (non-hydrogen) atoms. The summed E-state index contributed by atoms with van der Waals surface area (Å²) in [5.74, 6) is 0. The first-order valence-corrected chi connectivity index (χ1v) is 3.70. The number of aromatic nitrogens is 1. The van der Waals surface area contributed by atoms with E-state index in [1.165, 1.54) is 5.56 Å². The van der Waals surface area contributed by atoms with Gasteiger partial charge in [0, 0.05) is 18.4 Å². The molecular formula is C8H14N2. The molecule has 0 saturated heterocycles. The van der Waals surface area contributed by atoms with Crippen LogP contribution in [0.4, 0.5) is 0 Å². The Morgan fingerprint density at radius 3 is 3.00 bits per heavy atom. The van der Waals surface area contributed by atoms with Crippen LogP contribution in [0, 0.1) is 0 Å². The van der Waals surface area contributed by atoms with E-state index < -0.39 is 0 Å². The van der Waals surface area contributed by atoms with E-state index in [4.69, 9.17) is 0 Å². The number of hydrogen-bond acceptors (Lipinski definition) is 1. The lowest BCUT2D eigenvalue weighted by atomic mass is 10.2. The van der Waals surface area contributed by atoms with E-state index in [0.29, 0.717) is 6.04 Å². The molecular weight excluding hydrogens is 124 g/mol. The minimum atomic E-state index is 0.469. The summed E-state index contributed by atoms with van der Waals surface area (Å²) in [6.45, 7) is 5.29. The lowest BCUT2D eigenvalue weighted by molar-refractivity contribution is 0.599. The Bertz CT molecular complexity index is 167. The van der Waals surface area contributed by atoms with Crippen molar-refractivity contribution < 1.29 is 0 Å². The molecule has 0 saturated carbocycles. The van der Waals surface area contributed by atoms with E-state index in [9.17, 15) is 0 Å². The SMILES string of the molecule is CCNC(C)c1cc[nH]c1. The molecule has 2 N–H and O–H groups in total. The molecule has 0 radical (unpaired) electrons. The number of H-pyrrole nitrogens is 1. The third-order valence-electron chi connectivity index (χ3n) is 1.63. The highest BCUT2D eigenvalue weighted by Gasteiger charge is 2.01. The second-order valence-corrected chi connectivity index (χ2v) is 2.42. The summed E-state index contributed by atoms with van der Waals surface area (Å²) in [6, 6.07) is 2.56. The van der Waals surface area contributed by atoms with Gasteiger partial charge in [-0.05, 0) is 25.1 Å². The monoisotopic (exact) mass is 138 g/mol. The van der Waals surface area contributed by atoms with Crippen LogP contribution in [0.5, 0.6) is 0 Å². The van der Waals surface area contributed by atoms with E-state index in [-0.39, 0.29) is 0 Å². The molecule has 2 nitrogen and oxygen atoms in total. The van der Waals surface area contributed by atoms with Gasteiger partial charge in [0.1, 0.15) is 0 Å². The molecule has 0 aromatic carbocycles. The van der Waals surface area contributed by atoms with Gasteiger partial charge in [-0.25, -0.2) is 0 Å². The van der Waals surface area contributed by atoms with E-state index >= 15 is 0 Å². The molecule has 56 valence electrons. The fourth-order valence-electron chi connectivity index (χ4n) is 1.03. The van der Waals surface area contributed by atoms with Crippen molar-refractivity contribution in [3.63, 3.8) is 0 Å². The summed E-state index contributed by atoms with van der Waals surface area (Å²) in [6.07, 6.45) is 3.97. The van der Waals surface area contributed by atoms with Gasteiger partial charge in [0.05, 0.1) is 0 Å². The van der Waals surface area contributed by atoms with Crippen LogP contribution in [0.2, 0.25) is 0 Å². The van der Waals surface area contributed by atoms with E-state index in [2.05, 4.69) is 30.2 Å². The summed E-state index contributed by atoms with van der Waals surface area (Å²) in [5.41, 5.74) is 1.32. The molecule has 1 atom stereocenters. The lowest BCUT2D eigenvalue weighted by Crippen LogP contribution is -2.16. The third kappa shape index (κ3) is 1.61. The van der Waals surface area contributed by atoms with Gasteiger partial charge in [0.2, 0.25) is 0 Å². The predicted molar refractivity (Wildman–Crippen MR) is 42.9 cm³/mol. The van der Waals surface area contributed by atoms with Gasteiger partial charge < -0.3 is 10.3 Å². The number of hydrogen-bond donors (Lipinski definition) is 2. The van der Waals surface area contributed by atoms with E-state index in [1.807, 2.05) is 12.4 Å². The highest BCUT2D eigenvalue weighted by molar-refractivity contribution is 5.12. The minimum Gasteiger partial charge on any atom is -0.367 e. The van der Waals surface area contributed by atoms with Gasteiger partial charge >= 0.3 is 0 Å². The minimum absolute atomic E-state index is 0.469. The lowest BCUT2D eigenvalue weighted by Gasteiger charge is -2.08. The fraction of sp³-hybridized carbons (Fsp3) is 0.500. The van der Waals surface area contributed by atoms with Crippen molar-refractivity contribution in [2.45, 2.75) is 19.9 Å². The topological polar surface area (TPSA) is 27.8 Å². The number of aromatic amines is 1. The van der Waals surface area contributed by atoms with Crippen molar-refractivity contribution in [1.29, 1.82) is 0 Å². The molecule has 0 aliphatic rings. The average Bonchev–Trinajstić information content (AvgIpc) is 2.38. The van der Waals surface area contributed by atoms with Crippen LogP contribution in [-0.4, -0.2) is 11.5 Å². The van der Waals surface area contributed by atoms with E-state index in [0.717, 1.165) is 6.54 Å². The van der Waals surface area contributed by atoms with Gasteiger partial charge in [-0.1, -0.05) is 6.92 Å². The van der Waals surface area contributed by atoms with Crippen molar-refractivity contribution in [2.75, 3.05) is 6.54 Å². The van der Waals surface area contributed by atoms with Crippen LogP contribution >= 0.6 is 0 Å². The Kier molecular flexibility index (Phi) is 2.51. The van der Waals surface area contributed by atoms with Gasteiger partial charge in [-0.3, -0.25) is 0 Å². The van der Waals surface area contributed by atoms with Crippen LogP contribution in [-0.2, 0) is 0 Å². The Balaban J connectivity index is 2.50. The molecule has 0 bridgehead atoms. The Hall–Kier alpha value is -0.760. The zero-order chi connectivity index (χ0) is 7.40. The Labute approximate surface area is 61.7 Å². The Morgan fingerprint density at radius 2 is 2.50 bits per heavy atom. The molecule has 1 aromatic rings.